The monoisotopic (exact) mass is 252 g/mol. The number of benzene rings is 1. The number of nitrogens with one attached hydrogen (secondary N) is 1. The Balaban J connectivity index is 2.61. The predicted molar refractivity (Wildman–Crippen MR) is 70.8 cm³/mol. The molecule has 0 spiro atoms. The third kappa shape index (κ3) is 3.92. The van der Waals surface area contributed by atoms with Crippen molar-refractivity contribution in [3.63, 3.8) is 0 Å². The summed E-state index contributed by atoms with van der Waals surface area (Å²) in [5, 5.41) is 12.2. The van der Waals surface area contributed by atoms with Crippen LogP contribution in [-0.4, -0.2) is 24.2 Å². The van der Waals surface area contributed by atoms with Gasteiger partial charge in [0.15, 0.2) is 11.5 Å². The van der Waals surface area contributed by atoms with E-state index in [1.54, 1.807) is 12.1 Å². The highest BCUT2D eigenvalue weighted by Gasteiger charge is 2.13. The minimum absolute atomic E-state index is 0.0163. The van der Waals surface area contributed by atoms with E-state index in [-0.39, 0.29) is 11.7 Å². The Bertz CT molecular complexity index is 407. The van der Waals surface area contributed by atoms with E-state index < -0.39 is 6.04 Å². The molecular formula is C13H20N2O3. The molecule has 0 unspecified atom stereocenters. The van der Waals surface area contributed by atoms with Gasteiger partial charge in [-0.15, -0.1) is 0 Å². The molecule has 0 aliphatic carbocycles. The number of carbonyl (C=O) groups is 1. The number of hydrogen-bond acceptors (Lipinski definition) is 4. The lowest BCUT2D eigenvalue weighted by Crippen LogP contribution is -2.35. The highest BCUT2D eigenvalue weighted by Crippen LogP contribution is 2.28. The van der Waals surface area contributed by atoms with Gasteiger partial charge in [-0.25, -0.2) is 0 Å². The summed E-state index contributed by atoms with van der Waals surface area (Å²) in [4.78, 5) is 11.7. The minimum atomic E-state index is -0.519. The van der Waals surface area contributed by atoms with Crippen LogP contribution in [0.5, 0.6) is 11.5 Å². The topological polar surface area (TPSA) is 84.6 Å². The smallest absolute Gasteiger partial charge is 0.241 e. The first-order valence-corrected chi connectivity index (χ1v) is 6.02. The second-order valence-electron chi connectivity index (χ2n) is 4.12. The summed E-state index contributed by atoms with van der Waals surface area (Å²) in [6, 6.07) is 4.16. The van der Waals surface area contributed by atoms with Gasteiger partial charge in [0.05, 0.1) is 13.2 Å². The number of anilines is 1. The number of carbonyl (C=O) groups excluding carboxylic acids is 1. The van der Waals surface area contributed by atoms with Crippen molar-refractivity contribution in [2.75, 3.05) is 12.4 Å². The average molecular weight is 252 g/mol. The molecule has 4 N–H and O–H groups in total. The van der Waals surface area contributed by atoms with Crippen LogP contribution in [0, 0.1) is 0 Å². The van der Waals surface area contributed by atoms with Crippen molar-refractivity contribution in [1.82, 2.24) is 0 Å². The van der Waals surface area contributed by atoms with Crippen LogP contribution in [0.3, 0.4) is 0 Å². The molecule has 100 valence electrons. The maximum absolute atomic E-state index is 11.7. The molecule has 0 aliphatic heterocycles. The molecule has 0 saturated carbocycles. The van der Waals surface area contributed by atoms with Crippen LogP contribution in [0.2, 0.25) is 0 Å². The fraction of sp³-hybridized carbons (Fsp3) is 0.462. The summed E-state index contributed by atoms with van der Waals surface area (Å²) in [5.41, 5.74) is 6.25. The Kier molecular flexibility index (Phi) is 5.45. The van der Waals surface area contributed by atoms with Crippen molar-refractivity contribution >= 4 is 11.6 Å². The number of phenolic OH excluding ortho intramolecular Hbond substituents is 1. The van der Waals surface area contributed by atoms with Crippen molar-refractivity contribution in [2.24, 2.45) is 5.73 Å². The summed E-state index contributed by atoms with van der Waals surface area (Å²) in [6.45, 7) is 2.05. The number of methoxy groups -OCH3 is 1. The van der Waals surface area contributed by atoms with Crippen LogP contribution >= 0.6 is 0 Å². The standard InChI is InChI=1S/C13H20N2O3/c1-3-4-5-10(14)13(17)15-9-6-7-12(18-2)11(16)8-9/h6-8,10,16H,3-5,14H2,1-2H3,(H,15,17)/t10-/m0/s1. The molecule has 1 aromatic carbocycles. The molecule has 0 bridgehead atoms. The first-order chi connectivity index (χ1) is 8.58. The Hall–Kier alpha value is -1.75. The maximum Gasteiger partial charge on any atom is 0.241 e. The summed E-state index contributed by atoms with van der Waals surface area (Å²) >= 11 is 0. The molecule has 0 fully saturated rings. The third-order valence-electron chi connectivity index (χ3n) is 2.65. The van der Waals surface area contributed by atoms with E-state index in [1.807, 2.05) is 6.92 Å². The molecule has 1 amide bonds. The number of ether oxygens (including phenoxy) is 1. The summed E-state index contributed by atoms with van der Waals surface area (Å²) < 4.78 is 4.92. The number of aromatic hydroxyl groups is 1. The summed E-state index contributed by atoms with van der Waals surface area (Å²) in [5.74, 6) is 0.105. The van der Waals surface area contributed by atoms with Crippen LogP contribution in [0.15, 0.2) is 18.2 Å². The molecule has 5 heteroatoms. The number of hydrogen-bond donors (Lipinski definition) is 3. The van der Waals surface area contributed by atoms with Crippen LogP contribution in [0.1, 0.15) is 26.2 Å². The van der Waals surface area contributed by atoms with Gasteiger partial charge < -0.3 is 20.9 Å². The van der Waals surface area contributed by atoms with E-state index in [0.717, 1.165) is 12.8 Å². The van der Waals surface area contributed by atoms with Gasteiger partial charge in [-0.05, 0) is 18.6 Å². The lowest BCUT2D eigenvalue weighted by atomic mass is 10.1. The quantitative estimate of drug-likeness (QED) is 0.721. The molecule has 0 saturated heterocycles. The molecule has 0 aromatic heterocycles. The van der Waals surface area contributed by atoms with Crippen LogP contribution in [0.4, 0.5) is 5.69 Å². The first kappa shape index (κ1) is 14.3. The maximum atomic E-state index is 11.7. The number of unbranched alkanes of at least 4 members (excludes halogenated alkanes) is 1. The molecule has 1 rings (SSSR count). The minimum Gasteiger partial charge on any atom is -0.504 e. The fourth-order valence-electron chi connectivity index (χ4n) is 1.56. The Morgan fingerprint density at radius 1 is 1.56 bits per heavy atom. The molecular weight excluding hydrogens is 232 g/mol. The summed E-state index contributed by atoms with van der Waals surface area (Å²) in [7, 11) is 1.47. The van der Waals surface area contributed by atoms with Crippen molar-refractivity contribution in [1.29, 1.82) is 0 Å². The number of amides is 1. The van der Waals surface area contributed by atoms with Crippen LogP contribution in [0.25, 0.3) is 0 Å². The molecule has 0 radical (unpaired) electrons. The zero-order valence-electron chi connectivity index (χ0n) is 10.8. The second kappa shape index (κ2) is 6.86. The number of nitrogens with two attached hydrogens (primary N) is 1. The number of rotatable bonds is 6. The third-order valence-corrected chi connectivity index (χ3v) is 2.65. The van der Waals surface area contributed by atoms with E-state index >= 15 is 0 Å². The van der Waals surface area contributed by atoms with Gasteiger partial charge >= 0.3 is 0 Å². The zero-order valence-corrected chi connectivity index (χ0v) is 10.8. The van der Waals surface area contributed by atoms with E-state index in [2.05, 4.69) is 5.32 Å². The molecule has 5 nitrogen and oxygen atoms in total. The van der Waals surface area contributed by atoms with E-state index in [9.17, 15) is 9.90 Å². The molecule has 1 atom stereocenters. The largest absolute Gasteiger partial charge is 0.504 e. The predicted octanol–water partition coefficient (Wildman–Crippen LogP) is 1.86. The van der Waals surface area contributed by atoms with Crippen molar-refractivity contribution < 1.29 is 14.6 Å². The van der Waals surface area contributed by atoms with Gasteiger partial charge in [0.1, 0.15) is 0 Å². The summed E-state index contributed by atoms with van der Waals surface area (Å²) in [6.07, 6.45) is 2.58. The molecule has 18 heavy (non-hydrogen) atoms. The number of phenols is 1. The van der Waals surface area contributed by atoms with Crippen molar-refractivity contribution in [3.05, 3.63) is 18.2 Å². The van der Waals surface area contributed by atoms with Gasteiger partial charge in [-0.3, -0.25) is 4.79 Å². The molecule has 1 aromatic rings. The van der Waals surface area contributed by atoms with E-state index in [1.165, 1.54) is 13.2 Å². The highest BCUT2D eigenvalue weighted by molar-refractivity contribution is 5.94. The van der Waals surface area contributed by atoms with Crippen LogP contribution < -0.4 is 15.8 Å². The average Bonchev–Trinajstić information content (AvgIpc) is 2.36. The normalized spacial score (nSPS) is 11.9. The lowest BCUT2D eigenvalue weighted by Gasteiger charge is -2.12. The first-order valence-electron chi connectivity index (χ1n) is 6.02. The SMILES string of the molecule is CCCC[C@H](N)C(=O)Nc1ccc(OC)c(O)c1. The fourth-order valence-corrected chi connectivity index (χ4v) is 1.56. The van der Waals surface area contributed by atoms with Gasteiger partial charge in [-0.1, -0.05) is 19.8 Å². The Morgan fingerprint density at radius 2 is 2.28 bits per heavy atom. The molecule has 0 heterocycles. The zero-order chi connectivity index (χ0) is 13.5. The Morgan fingerprint density at radius 3 is 2.83 bits per heavy atom. The van der Waals surface area contributed by atoms with Gasteiger partial charge in [0.2, 0.25) is 5.91 Å². The van der Waals surface area contributed by atoms with Crippen molar-refractivity contribution in [3.8, 4) is 11.5 Å². The van der Waals surface area contributed by atoms with Gasteiger partial charge in [-0.2, -0.15) is 0 Å². The lowest BCUT2D eigenvalue weighted by molar-refractivity contribution is -0.117. The second-order valence-corrected chi connectivity index (χ2v) is 4.12. The Labute approximate surface area is 107 Å². The van der Waals surface area contributed by atoms with E-state index in [4.69, 9.17) is 10.5 Å². The van der Waals surface area contributed by atoms with Gasteiger partial charge in [0, 0.05) is 11.8 Å². The highest BCUT2D eigenvalue weighted by atomic mass is 16.5. The van der Waals surface area contributed by atoms with Crippen LogP contribution in [-0.2, 0) is 4.79 Å². The molecule has 0 aliphatic rings. The van der Waals surface area contributed by atoms with Crippen molar-refractivity contribution in [2.45, 2.75) is 32.2 Å². The van der Waals surface area contributed by atoms with E-state index in [0.29, 0.717) is 17.9 Å². The van der Waals surface area contributed by atoms with Gasteiger partial charge in [0.25, 0.3) is 0 Å².